The maximum absolute atomic E-state index is 6.07. The lowest BCUT2D eigenvalue weighted by Crippen LogP contribution is -2.30. The zero-order valence-electron chi connectivity index (χ0n) is 10.8. The van der Waals surface area contributed by atoms with Gasteiger partial charge in [0, 0.05) is 34.7 Å². The first-order chi connectivity index (χ1) is 9.19. The summed E-state index contributed by atoms with van der Waals surface area (Å²) in [5.41, 5.74) is 9.27. The lowest BCUT2D eigenvalue weighted by molar-refractivity contribution is 0.416. The highest BCUT2D eigenvalue weighted by molar-refractivity contribution is 9.10. The maximum Gasteiger partial charge on any atom is 0.128 e. The Labute approximate surface area is 120 Å². The molecule has 1 aliphatic rings. The van der Waals surface area contributed by atoms with Crippen molar-refractivity contribution in [2.75, 3.05) is 7.11 Å². The highest BCUT2D eigenvalue weighted by atomic mass is 79.9. The van der Waals surface area contributed by atoms with Gasteiger partial charge in [-0.05, 0) is 24.6 Å². The third-order valence-corrected chi connectivity index (χ3v) is 4.05. The molecular weight excluding hydrogens is 306 g/mol. The zero-order chi connectivity index (χ0) is 13.4. The van der Waals surface area contributed by atoms with Gasteiger partial charge < -0.3 is 15.0 Å². The van der Waals surface area contributed by atoms with E-state index in [0.717, 1.165) is 40.9 Å². The molecule has 0 fully saturated rings. The van der Waals surface area contributed by atoms with Crippen LogP contribution < -0.4 is 10.5 Å². The zero-order valence-corrected chi connectivity index (χ0v) is 12.4. The van der Waals surface area contributed by atoms with Crippen LogP contribution in [0.5, 0.6) is 5.75 Å². The Bertz CT molecular complexity index is 609. The van der Waals surface area contributed by atoms with Gasteiger partial charge in [-0.2, -0.15) is 0 Å². The van der Waals surface area contributed by atoms with Crippen LogP contribution in [0, 0.1) is 0 Å². The van der Waals surface area contributed by atoms with Gasteiger partial charge in [-0.3, -0.25) is 0 Å². The van der Waals surface area contributed by atoms with Crippen LogP contribution in [0.4, 0.5) is 0 Å². The number of hydrogen-bond donors (Lipinski definition) is 1. The number of methoxy groups -OCH3 is 1. The fourth-order valence-corrected chi connectivity index (χ4v) is 2.92. The van der Waals surface area contributed by atoms with Crippen LogP contribution in [0.2, 0.25) is 0 Å². The molecule has 100 valence electrons. The number of hydrogen-bond acceptors (Lipinski definition) is 3. The molecule has 0 saturated carbocycles. The number of nitrogens with zero attached hydrogens (tertiary/aromatic N) is 2. The van der Waals surface area contributed by atoms with Crippen LogP contribution in [-0.4, -0.2) is 22.7 Å². The molecular formula is C14H16BrN3O. The Kier molecular flexibility index (Phi) is 3.33. The summed E-state index contributed by atoms with van der Waals surface area (Å²) in [6.45, 7) is 0.944. The van der Waals surface area contributed by atoms with Crippen molar-refractivity contribution in [3.05, 3.63) is 34.7 Å². The minimum absolute atomic E-state index is 0.223. The van der Waals surface area contributed by atoms with Crippen molar-refractivity contribution < 1.29 is 4.74 Å². The molecule has 1 atom stereocenters. The van der Waals surface area contributed by atoms with E-state index in [1.807, 2.05) is 24.5 Å². The SMILES string of the molecule is COc1ccc(Br)cc1-c1ncn2c1CC(N)CC2. The van der Waals surface area contributed by atoms with E-state index in [9.17, 15) is 0 Å². The number of aryl methyl sites for hydroxylation is 1. The Morgan fingerprint density at radius 2 is 2.32 bits per heavy atom. The minimum Gasteiger partial charge on any atom is -0.496 e. The molecule has 4 nitrogen and oxygen atoms in total. The molecule has 5 heteroatoms. The third-order valence-electron chi connectivity index (χ3n) is 3.56. The molecule has 2 N–H and O–H groups in total. The molecule has 1 unspecified atom stereocenters. The first-order valence-corrected chi connectivity index (χ1v) is 7.12. The molecule has 0 aliphatic carbocycles. The van der Waals surface area contributed by atoms with Gasteiger partial charge in [-0.25, -0.2) is 4.98 Å². The predicted molar refractivity (Wildman–Crippen MR) is 78.2 cm³/mol. The van der Waals surface area contributed by atoms with Crippen molar-refractivity contribution >= 4 is 15.9 Å². The van der Waals surface area contributed by atoms with Crippen molar-refractivity contribution in [2.24, 2.45) is 5.73 Å². The van der Waals surface area contributed by atoms with E-state index in [4.69, 9.17) is 10.5 Å². The van der Waals surface area contributed by atoms with Crippen LogP contribution in [-0.2, 0) is 13.0 Å². The summed E-state index contributed by atoms with van der Waals surface area (Å²) in [5, 5.41) is 0. The monoisotopic (exact) mass is 321 g/mol. The number of fused-ring (bicyclic) bond motifs is 1. The summed E-state index contributed by atoms with van der Waals surface area (Å²) < 4.78 is 8.65. The first-order valence-electron chi connectivity index (χ1n) is 6.32. The summed E-state index contributed by atoms with van der Waals surface area (Å²) >= 11 is 3.50. The maximum atomic E-state index is 6.07. The number of nitrogens with two attached hydrogens (primary N) is 1. The molecule has 1 aromatic heterocycles. The lowest BCUT2D eigenvalue weighted by Gasteiger charge is -2.21. The van der Waals surface area contributed by atoms with Crippen LogP contribution in [0.1, 0.15) is 12.1 Å². The Morgan fingerprint density at radius 3 is 3.11 bits per heavy atom. The molecule has 0 saturated heterocycles. The molecule has 2 aromatic rings. The van der Waals surface area contributed by atoms with E-state index >= 15 is 0 Å². The van der Waals surface area contributed by atoms with Gasteiger partial charge in [-0.1, -0.05) is 15.9 Å². The Balaban J connectivity index is 2.12. The van der Waals surface area contributed by atoms with Crippen molar-refractivity contribution in [1.82, 2.24) is 9.55 Å². The fourth-order valence-electron chi connectivity index (χ4n) is 2.56. The molecule has 3 rings (SSSR count). The van der Waals surface area contributed by atoms with Gasteiger partial charge in [-0.15, -0.1) is 0 Å². The van der Waals surface area contributed by atoms with Crippen LogP contribution in [0.3, 0.4) is 0 Å². The van der Waals surface area contributed by atoms with Crippen LogP contribution in [0.15, 0.2) is 29.0 Å². The number of imidazole rings is 1. The quantitative estimate of drug-likeness (QED) is 0.925. The molecule has 1 aliphatic heterocycles. The third kappa shape index (κ3) is 2.28. The average molecular weight is 322 g/mol. The van der Waals surface area contributed by atoms with Gasteiger partial charge in [0.1, 0.15) is 5.75 Å². The molecule has 0 spiro atoms. The van der Waals surface area contributed by atoms with E-state index in [1.165, 1.54) is 5.69 Å². The Hall–Kier alpha value is -1.33. The number of benzene rings is 1. The van der Waals surface area contributed by atoms with Gasteiger partial charge in [0.2, 0.25) is 0 Å². The van der Waals surface area contributed by atoms with Crippen molar-refractivity contribution in [3.63, 3.8) is 0 Å². The van der Waals surface area contributed by atoms with Gasteiger partial charge in [0.05, 0.1) is 19.1 Å². The second kappa shape index (κ2) is 4.98. The van der Waals surface area contributed by atoms with E-state index in [1.54, 1.807) is 7.11 Å². The summed E-state index contributed by atoms with van der Waals surface area (Å²) in [6.07, 6.45) is 3.78. The number of ether oxygens (including phenoxy) is 1. The number of rotatable bonds is 2. The standard InChI is InChI=1S/C14H16BrN3O/c1-19-13-3-2-9(15)6-11(13)14-12-7-10(16)4-5-18(12)8-17-14/h2-3,6,8,10H,4-5,7,16H2,1H3. The van der Waals surface area contributed by atoms with E-state index in [-0.39, 0.29) is 6.04 Å². The molecule has 0 radical (unpaired) electrons. The van der Waals surface area contributed by atoms with E-state index in [2.05, 4.69) is 25.5 Å². The highest BCUT2D eigenvalue weighted by Gasteiger charge is 2.22. The smallest absolute Gasteiger partial charge is 0.128 e. The van der Waals surface area contributed by atoms with Crippen molar-refractivity contribution in [2.45, 2.75) is 25.4 Å². The van der Waals surface area contributed by atoms with E-state index in [0.29, 0.717) is 0 Å². The van der Waals surface area contributed by atoms with Gasteiger partial charge in [0.25, 0.3) is 0 Å². The van der Waals surface area contributed by atoms with Gasteiger partial charge in [0.15, 0.2) is 0 Å². The molecule has 2 heterocycles. The van der Waals surface area contributed by atoms with Crippen molar-refractivity contribution in [3.8, 4) is 17.0 Å². The largest absolute Gasteiger partial charge is 0.496 e. The van der Waals surface area contributed by atoms with Gasteiger partial charge >= 0.3 is 0 Å². The number of aromatic nitrogens is 2. The number of halogens is 1. The topological polar surface area (TPSA) is 53.1 Å². The predicted octanol–water partition coefficient (Wildman–Crippen LogP) is 2.59. The van der Waals surface area contributed by atoms with Crippen LogP contribution in [0.25, 0.3) is 11.3 Å². The lowest BCUT2D eigenvalue weighted by atomic mass is 10.00. The molecule has 0 bridgehead atoms. The average Bonchev–Trinajstić information content (AvgIpc) is 2.81. The molecule has 1 aromatic carbocycles. The van der Waals surface area contributed by atoms with Crippen LogP contribution >= 0.6 is 15.9 Å². The first kappa shape index (κ1) is 12.7. The molecule has 19 heavy (non-hydrogen) atoms. The molecule has 0 amide bonds. The summed E-state index contributed by atoms with van der Waals surface area (Å²) in [5.74, 6) is 0.837. The van der Waals surface area contributed by atoms with Crippen molar-refractivity contribution in [1.29, 1.82) is 0 Å². The second-order valence-electron chi connectivity index (χ2n) is 4.83. The normalized spacial score (nSPS) is 18.2. The Morgan fingerprint density at radius 1 is 1.47 bits per heavy atom. The fraction of sp³-hybridized carbons (Fsp3) is 0.357. The highest BCUT2D eigenvalue weighted by Crippen LogP contribution is 2.35. The van der Waals surface area contributed by atoms with E-state index < -0.39 is 0 Å². The minimum atomic E-state index is 0.223. The second-order valence-corrected chi connectivity index (χ2v) is 5.75. The summed E-state index contributed by atoms with van der Waals surface area (Å²) in [4.78, 5) is 4.56. The summed E-state index contributed by atoms with van der Waals surface area (Å²) in [7, 11) is 1.68. The summed E-state index contributed by atoms with van der Waals surface area (Å²) in [6, 6.07) is 6.19.